The van der Waals surface area contributed by atoms with Crippen LogP contribution in [0.5, 0.6) is 5.75 Å². The molecule has 29 heavy (non-hydrogen) atoms. The summed E-state index contributed by atoms with van der Waals surface area (Å²) in [4.78, 5) is 9.13. The van der Waals surface area contributed by atoms with Gasteiger partial charge in [0.15, 0.2) is 5.82 Å². The van der Waals surface area contributed by atoms with Gasteiger partial charge in [0, 0.05) is 22.8 Å². The standard InChI is InChI=1S/C22H22N6O/c1-2-15(13-19(3-1)29-18-6-9-23-10-7-18)22-24-11-8-21(27-22)26-17-4-5-20-16(12-17)14-25-28-20/h1-5,8,11-14,18,23H,6-7,9-10H2,(H,25,28)(H,24,26,27). The van der Waals surface area contributed by atoms with Crippen molar-refractivity contribution in [1.82, 2.24) is 25.5 Å². The van der Waals surface area contributed by atoms with Gasteiger partial charge in [0.05, 0.1) is 11.7 Å². The summed E-state index contributed by atoms with van der Waals surface area (Å²) in [6, 6.07) is 15.9. The number of aromatic nitrogens is 4. The zero-order valence-electron chi connectivity index (χ0n) is 15.9. The predicted octanol–water partition coefficient (Wildman–Crippen LogP) is 3.89. The summed E-state index contributed by atoms with van der Waals surface area (Å²) in [5, 5.41) is 14.8. The number of piperidine rings is 1. The van der Waals surface area contributed by atoms with Gasteiger partial charge in [0.2, 0.25) is 0 Å². The number of aromatic amines is 1. The van der Waals surface area contributed by atoms with Crippen molar-refractivity contribution in [2.24, 2.45) is 0 Å². The molecule has 7 nitrogen and oxygen atoms in total. The van der Waals surface area contributed by atoms with E-state index in [2.05, 4.69) is 30.8 Å². The number of rotatable bonds is 5. The minimum atomic E-state index is 0.262. The van der Waals surface area contributed by atoms with Crippen molar-refractivity contribution < 1.29 is 4.74 Å². The highest BCUT2D eigenvalue weighted by Gasteiger charge is 2.15. The molecule has 1 aliphatic heterocycles. The van der Waals surface area contributed by atoms with E-state index in [1.54, 1.807) is 12.4 Å². The predicted molar refractivity (Wildman–Crippen MR) is 113 cm³/mol. The molecule has 146 valence electrons. The van der Waals surface area contributed by atoms with Gasteiger partial charge in [0.25, 0.3) is 0 Å². The number of fused-ring (bicyclic) bond motifs is 1. The molecule has 7 heteroatoms. The molecule has 0 bridgehead atoms. The van der Waals surface area contributed by atoms with E-state index < -0.39 is 0 Å². The van der Waals surface area contributed by atoms with Crippen LogP contribution in [0.3, 0.4) is 0 Å². The van der Waals surface area contributed by atoms with Gasteiger partial charge in [-0.3, -0.25) is 5.10 Å². The van der Waals surface area contributed by atoms with E-state index in [4.69, 9.17) is 4.74 Å². The molecule has 0 radical (unpaired) electrons. The average Bonchev–Trinajstić information content (AvgIpc) is 3.23. The molecule has 0 amide bonds. The maximum atomic E-state index is 6.16. The molecule has 1 fully saturated rings. The zero-order valence-corrected chi connectivity index (χ0v) is 15.9. The third-order valence-electron chi connectivity index (χ3n) is 5.05. The van der Waals surface area contributed by atoms with Crippen LogP contribution in [0, 0.1) is 0 Å². The van der Waals surface area contributed by atoms with Crippen LogP contribution in [0.15, 0.2) is 60.9 Å². The zero-order chi connectivity index (χ0) is 19.5. The van der Waals surface area contributed by atoms with Gasteiger partial charge in [-0.05, 0) is 62.3 Å². The van der Waals surface area contributed by atoms with E-state index in [0.717, 1.165) is 59.7 Å². The lowest BCUT2D eigenvalue weighted by Gasteiger charge is -2.24. The maximum Gasteiger partial charge on any atom is 0.161 e. The number of nitrogens with zero attached hydrogens (tertiary/aromatic N) is 3. The smallest absolute Gasteiger partial charge is 0.161 e. The molecular weight excluding hydrogens is 364 g/mol. The van der Waals surface area contributed by atoms with Crippen molar-refractivity contribution in [3.8, 4) is 17.1 Å². The largest absolute Gasteiger partial charge is 0.490 e. The monoisotopic (exact) mass is 386 g/mol. The molecule has 0 unspecified atom stereocenters. The molecule has 0 atom stereocenters. The molecule has 1 aliphatic rings. The van der Waals surface area contributed by atoms with Crippen LogP contribution in [0.25, 0.3) is 22.3 Å². The van der Waals surface area contributed by atoms with Crippen LogP contribution in [0.2, 0.25) is 0 Å². The number of nitrogens with one attached hydrogen (secondary N) is 3. The van der Waals surface area contributed by atoms with E-state index in [0.29, 0.717) is 5.82 Å². The van der Waals surface area contributed by atoms with Crippen LogP contribution >= 0.6 is 0 Å². The molecule has 3 heterocycles. The molecule has 0 aliphatic carbocycles. The lowest BCUT2D eigenvalue weighted by molar-refractivity contribution is 0.162. The van der Waals surface area contributed by atoms with Gasteiger partial charge in [-0.2, -0.15) is 5.10 Å². The van der Waals surface area contributed by atoms with E-state index in [1.165, 1.54) is 0 Å². The first-order valence-corrected chi connectivity index (χ1v) is 9.84. The Morgan fingerprint density at radius 1 is 1.03 bits per heavy atom. The summed E-state index contributed by atoms with van der Waals surface area (Å²) in [5.74, 6) is 2.26. The summed E-state index contributed by atoms with van der Waals surface area (Å²) in [6.07, 6.45) is 5.89. The Morgan fingerprint density at radius 3 is 2.90 bits per heavy atom. The lowest BCUT2D eigenvalue weighted by atomic mass is 10.1. The third-order valence-corrected chi connectivity index (χ3v) is 5.05. The van der Waals surface area contributed by atoms with Crippen molar-refractivity contribution in [2.75, 3.05) is 18.4 Å². The second-order valence-corrected chi connectivity index (χ2v) is 7.16. The molecule has 2 aromatic carbocycles. The highest BCUT2D eigenvalue weighted by atomic mass is 16.5. The SMILES string of the molecule is c1cc(OC2CCNCC2)cc(-c2nccc(Nc3ccc4[nH]ncc4c3)n2)c1. The normalized spacial score (nSPS) is 14.8. The summed E-state index contributed by atoms with van der Waals surface area (Å²) < 4.78 is 6.16. The Hall–Kier alpha value is -3.45. The highest BCUT2D eigenvalue weighted by molar-refractivity contribution is 5.82. The van der Waals surface area contributed by atoms with Gasteiger partial charge in [-0.25, -0.2) is 9.97 Å². The number of ether oxygens (including phenoxy) is 1. The van der Waals surface area contributed by atoms with E-state index in [9.17, 15) is 0 Å². The lowest BCUT2D eigenvalue weighted by Crippen LogP contribution is -2.34. The number of benzene rings is 2. The van der Waals surface area contributed by atoms with Crippen LogP contribution in [0.1, 0.15) is 12.8 Å². The van der Waals surface area contributed by atoms with Gasteiger partial charge in [-0.1, -0.05) is 12.1 Å². The Balaban J connectivity index is 1.35. The molecule has 1 saturated heterocycles. The number of anilines is 2. The number of hydrogen-bond donors (Lipinski definition) is 3. The molecule has 4 aromatic rings. The fourth-order valence-corrected chi connectivity index (χ4v) is 3.55. The molecule has 5 rings (SSSR count). The Bertz CT molecular complexity index is 1120. The maximum absolute atomic E-state index is 6.16. The minimum Gasteiger partial charge on any atom is -0.490 e. The Labute approximate surface area is 168 Å². The van der Waals surface area contributed by atoms with Crippen LogP contribution in [0.4, 0.5) is 11.5 Å². The van der Waals surface area contributed by atoms with E-state index >= 15 is 0 Å². The fourth-order valence-electron chi connectivity index (χ4n) is 3.55. The number of H-pyrrole nitrogens is 1. The van der Waals surface area contributed by atoms with Crippen LogP contribution in [-0.2, 0) is 0 Å². The van der Waals surface area contributed by atoms with Gasteiger partial charge in [-0.15, -0.1) is 0 Å². The highest BCUT2D eigenvalue weighted by Crippen LogP contribution is 2.25. The summed E-state index contributed by atoms with van der Waals surface area (Å²) in [7, 11) is 0. The topological polar surface area (TPSA) is 87.8 Å². The minimum absolute atomic E-state index is 0.262. The van der Waals surface area contributed by atoms with Crippen LogP contribution in [-0.4, -0.2) is 39.4 Å². The Kier molecular flexibility index (Phi) is 4.80. The second kappa shape index (κ2) is 7.89. The number of hydrogen-bond acceptors (Lipinski definition) is 6. The van der Waals surface area contributed by atoms with Crippen molar-refractivity contribution in [3.63, 3.8) is 0 Å². The van der Waals surface area contributed by atoms with Gasteiger partial charge >= 0.3 is 0 Å². The average molecular weight is 386 g/mol. The van der Waals surface area contributed by atoms with Crippen molar-refractivity contribution >= 4 is 22.4 Å². The quantitative estimate of drug-likeness (QED) is 0.482. The van der Waals surface area contributed by atoms with Gasteiger partial charge in [0.1, 0.15) is 17.7 Å². The van der Waals surface area contributed by atoms with Crippen LogP contribution < -0.4 is 15.4 Å². The van der Waals surface area contributed by atoms with Gasteiger partial charge < -0.3 is 15.4 Å². The fraction of sp³-hybridized carbons (Fsp3) is 0.227. The first-order chi connectivity index (χ1) is 14.3. The second-order valence-electron chi connectivity index (χ2n) is 7.16. The molecular formula is C22H22N6O. The first-order valence-electron chi connectivity index (χ1n) is 9.84. The summed E-state index contributed by atoms with van der Waals surface area (Å²) in [6.45, 7) is 2.01. The van der Waals surface area contributed by atoms with E-state index in [1.807, 2.05) is 48.5 Å². The Morgan fingerprint density at radius 2 is 1.97 bits per heavy atom. The van der Waals surface area contributed by atoms with E-state index in [-0.39, 0.29) is 6.10 Å². The first kappa shape index (κ1) is 17.6. The summed E-state index contributed by atoms with van der Waals surface area (Å²) >= 11 is 0. The van der Waals surface area contributed by atoms with Crippen molar-refractivity contribution in [3.05, 3.63) is 60.9 Å². The summed E-state index contributed by atoms with van der Waals surface area (Å²) in [5.41, 5.74) is 2.89. The molecule has 3 N–H and O–H groups in total. The van der Waals surface area contributed by atoms with Crippen molar-refractivity contribution in [1.29, 1.82) is 0 Å². The van der Waals surface area contributed by atoms with Crippen molar-refractivity contribution in [2.45, 2.75) is 18.9 Å². The molecule has 0 saturated carbocycles. The molecule has 0 spiro atoms. The third kappa shape index (κ3) is 4.05. The molecule has 2 aromatic heterocycles.